The van der Waals surface area contributed by atoms with Crippen molar-refractivity contribution in [2.75, 3.05) is 13.2 Å². The van der Waals surface area contributed by atoms with Crippen LogP contribution in [0.2, 0.25) is 0 Å². The molecule has 0 aliphatic rings. The zero-order valence-corrected chi connectivity index (χ0v) is 11.2. The van der Waals surface area contributed by atoms with Gasteiger partial charge in [0.2, 0.25) is 0 Å². The van der Waals surface area contributed by atoms with Gasteiger partial charge >= 0.3 is 0 Å². The van der Waals surface area contributed by atoms with E-state index in [0.29, 0.717) is 24.4 Å². The third kappa shape index (κ3) is 5.11. The van der Waals surface area contributed by atoms with Crippen LogP contribution in [0.1, 0.15) is 36.2 Å². The largest absolute Gasteiger partial charge is 0.395 e. The highest BCUT2D eigenvalue weighted by atomic mass is 19.1. The molecule has 1 rings (SSSR count). The maximum absolute atomic E-state index is 13.8. The number of rotatable bonds is 4. The van der Waals surface area contributed by atoms with Gasteiger partial charge < -0.3 is 10.4 Å². The number of aliphatic hydroxyl groups is 1. The van der Waals surface area contributed by atoms with E-state index in [0.717, 1.165) is 0 Å². The topological polar surface area (TPSA) is 49.3 Å². The Kier molecular flexibility index (Phi) is 6.04. The molecule has 0 bridgehead atoms. The lowest BCUT2D eigenvalue weighted by Crippen LogP contribution is -2.28. The molecule has 2 N–H and O–H groups in total. The second kappa shape index (κ2) is 7.55. The van der Waals surface area contributed by atoms with Gasteiger partial charge in [-0.25, -0.2) is 4.39 Å². The highest BCUT2D eigenvalue weighted by molar-refractivity contribution is 5.94. The summed E-state index contributed by atoms with van der Waals surface area (Å²) in [4.78, 5) is 11.7. The molecule has 0 saturated carbocycles. The number of nitrogens with one attached hydrogen (secondary N) is 1. The van der Waals surface area contributed by atoms with Crippen LogP contribution < -0.4 is 5.32 Å². The van der Waals surface area contributed by atoms with Crippen molar-refractivity contribution < 1.29 is 14.3 Å². The molecule has 0 fully saturated rings. The number of halogens is 1. The Morgan fingerprint density at radius 2 is 2.21 bits per heavy atom. The van der Waals surface area contributed by atoms with Crippen LogP contribution in [0.25, 0.3) is 0 Å². The molecule has 0 radical (unpaired) electrons. The lowest BCUT2D eigenvalue weighted by Gasteiger charge is -2.08. The molecule has 0 spiro atoms. The Morgan fingerprint density at radius 1 is 1.47 bits per heavy atom. The predicted octanol–water partition coefficient (Wildman–Crippen LogP) is 1.95. The standard InChI is InChI=1S/C15H18FNO2/c1-11(2)10-17-15(19)13-7-6-12(9-14(13)16)5-3-4-8-18/h6-7,9,11,18H,4,8,10H2,1-2H3,(H,17,19). The molecule has 4 heteroatoms. The molecule has 3 nitrogen and oxygen atoms in total. The van der Waals surface area contributed by atoms with Crippen molar-refractivity contribution in [3.8, 4) is 11.8 Å². The minimum atomic E-state index is -0.586. The Bertz CT molecular complexity index is 501. The van der Waals surface area contributed by atoms with Crippen LogP contribution in [0.3, 0.4) is 0 Å². The zero-order chi connectivity index (χ0) is 14.3. The first-order valence-electron chi connectivity index (χ1n) is 6.22. The second-order valence-electron chi connectivity index (χ2n) is 4.57. The second-order valence-corrected chi connectivity index (χ2v) is 4.57. The van der Waals surface area contributed by atoms with Crippen molar-refractivity contribution in [2.24, 2.45) is 5.92 Å². The Labute approximate surface area is 112 Å². The molecule has 0 aliphatic heterocycles. The number of amides is 1. The minimum Gasteiger partial charge on any atom is -0.395 e. The van der Waals surface area contributed by atoms with Gasteiger partial charge in [0.15, 0.2) is 0 Å². The Hall–Kier alpha value is -1.86. The van der Waals surface area contributed by atoms with E-state index in [1.54, 1.807) is 6.07 Å². The van der Waals surface area contributed by atoms with E-state index in [-0.39, 0.29) is 12.2 Å². The van der Waals surface area contributed by atoms with Gasteiger partial charge in [-0.15, -0.1) is 0 Å². The monoisotopic (exact) mass is 263 g/mol. The van der Waals surface area contributed by atoms with Crippen LogP contribution in [0.5, 0.6) is 0 Å². The van der Waals surface area contributed by atoms with Crippen molar-refractivity contribution in [3.63, 3.8) is 0 Å². The maximum atomic E-state index is 13.8. The van der Waals surface area contributed by atoms with Crippen molar-refractivity contribution in [3.05, 3.63) is 35.1 Å². The van der Waals surface area contributed by atoms with Crippen molar-refractivity contribution >= 4 is 5.91 Å². The van der Waals surface area contributed by atoms with Crippen LogP contribution in [-0.4, -0.2) is 24.2 Å². The highest BCUT2D eigenvalue weighted by Gasteiger charge is 2.11. The Morgan fingerprint density at radius 3 is 2.79 bits per heavy atom. The van der Waals surface area contributed by atoms with Gasteiger partial charge in [0.1, 0.15) is 5.82 Å². The van der Waals surface area contributed by atoms with Gasteiger partial charge in [-0.2, -0.15) is 0 Å². The van der Waals surface area contributed by atoms with Gasteiger partial charge in [-0.1, -0.05) is 25.7 Å². The van der Waals surface area contributed by atoms with Gasteiger partial charge in [0.25, 0.3) is 5.91 Å². The van der Waals surface area contributed by atoms with Crippen molar-refractivity contribution in [1.82, 2.24) is 5.32 Å². The smallest absolute Gasteiger partial charge is 0.254 e. The van der Waals surface area contributed by atoms with Crippen molar-refractivity contribution in [2.45, 2.75) is 20.3 Å². The molecular weight excluding hydrogens is 245 g/mol. The molecule has 0 unspecified atom stereocenters. The zero-order valence-electron chi connectivity index (χ0n) is 11.2. The maximum Gasteiger partial charge on any atom is 0.254 e. The lowest BCUT2D eigenvalue weighted by molar-refractivity contribution is 0.0945. The number of aliphatic hydroxyl groups excluding tert-OH is 1. The highest BCUT2D eigenvalue weighted by Crippen LogP contribution is 2.10. The fourth-order valence-corrected chi connectivity index (χ4v) is 1.39. The summed E-state index contributed by atoms with van der Waals surface area (Å²) < 4.78 is 13.8. The van der Waals surface area contributed by atoms with Crippen LogP contribution in [0.15, 0.2) is 18.2 Å². The van der Waals surface area contributed by atoms with E-state index in [4.69, 9.17) is 5.11 Å². The van der Waals surface area contributed by atoms with Gasteiger partial charge in [-0.05, 0) is 24.1 Å². The fraction of sp³-hybridized carbons (Fsp3) is 0.400. The molecule has 0 saturated heterocycles. The summed E-state index contributed by atoms with van der Waals surface area (Å²) in [5.74, 6) is 4.73. The summed E-state index contributed by atoms with van der Waals surface area (Å²) in [5, 5.41) is 11.3. The first-order valence-corrected chi connectivity index (χ1v) is 6.22. The number of carbonyl (C=O) groups excluding carboxylic acids is 1. The summed E-state index contributed by atoms with van der Waals surface area (Å²) in [6, 6.07) is 4.25. The van der Waals surface area contributed by atoms with Gasteiger partial charge in [0.05, 0.1) is 12.2 Å². The molecule has 0 heterocycles. The average molecular weight is 263 g/mol. The normalized spacial score (nSPS) is 9.95. The minimum absolute atomic E-state index is 0.0216. The summed E-state index contributed by atoms with van der Waals surface area (Å²) in [7, 11) is 0. The van der Waals surface area contributed by atoms with E-state index in [1.807, 2.05) is 13.8 Å². The predicted molar refractivity (Wildman–Crippen MR) is 72.2 cm³/mol. The quantitative estimate of drug-likeness (QED) is 0.816. The Balaban J connectivity index is 2.77. The van der Waals surface area contributed by atoms with Gasteiger partial charge in [0, 0.05) is 18.5 Å². The molecular formula is C15H18FNO2. The average Bonchev–Trinajstić information content (AvgIpc) is 2.36. The first kappa shape index (κ1) is 15.2. The molecule has 1 amide bonds. The van der Waals surface area contributed by atoms with Crippen LogP contribution in [-0.2, 0) is 0 Å². The first-order chi connectivity index (χ1) is 9.04. The van der Waals surface area contributed by atoms with Crippen LogP contribution in [0.4, 0.5) is 4.39 Å². The van der Waals surface area contributed by atoms with E-state index in [9.17, 15) is 9.18 Å². The van der Waals surface area contributed by atoms with Crippen LogP contribution in [0, 0.1) is 23.6 Å². The molecule has 102 valence electrons. The lowest BCUT2D eigenvalue weighted by atomic mass is 10.1. The fourth-order valence-electron chi connectivity index (χ4n) is 1.39. The van der Waals surface area contributed by atoms with E-state index in [1.165, 1.54) is 12.1 Å². The van der Waals surface area contributed by atoms with E-state index >= 15 is 0 Å². The third-order valence-corrected chi connectivity index (χ3v) is 2.35. The van der Waals surface area contributed by atoms with Crippen LogP contribution >= 0.6 is 0 Å². The molecule has 1 aromatic carbocycles. The number of benzene rings is 1. The van der Waals surface area contributed by atoms with E-state index < -0.39 is 11.7 Å². The molecule has 0 atom stereocenters. The molecule has 1 aromatic rings. The molecule has 19 heavy (non-hydrogen) atoms. The van der Waals surface area contributed by atoms with E-state index in [2.05, 4.69) is 17.2 Å². The number of hydrogen-bond donors (Lipinski definition) is 2. The molecule has 0 aromatic heterocycles. The SMILES string of the molecule is CC(C)CNC(=O)c1ccc(C#CCCO)cc1F. The van der Waals surface area contributed by atoms with Crippen molar-refractivity contribution in [1.29, 1.82) is 0 Å². The number of carbonyl (C=O) groups is 1. The summed E-state index contributed by atoms with van der Waals surface area (Å²) in [6.07, 6.45) is 0.345. The summed E-state index contributed by atoms with van der Waals surface area (Å²) in [5.41, 5.74) is 0.514. The summed E-state index contributed by atoms with van der Waals surface area (Å²) >= 11 is 0. The molecule has 0 aliphatic carbocycles. The summed E-state index contributed by atoms with van der Waals surface area (Å²) in [6.45, 7) is 4.43. The number of hydrogen-bond acceptors (Lipinski definition) is 2. The van der Waals surface area contributed by atoms with Gasteiger partial charge in [-0.3, -0.25) is 4.79 Å². The third-order valence-electron chi connectivity index (χ3n) is 2.35.